The maximum absolute atomic E-state index is 13.9. The van der Waals surface area contributed by atoms with E-state index in [2.05, 4.69) is 52.3 Å². The number of imide groups is 1. The van der Waals surface area contributed by atoms with E-state index in [1.165, 1.54) is 96.2 Å². The molecule has 616 valence electrons. The molecule has 3 heterocycles. The molecule has 9 N–H and O–H groups in total. The van der Waals surface area contributed by atoms with E-state index in [4.69, 9.17) is 64.1 Å². The number of aldehydes is 1. The molecule has 0 spiro atoms. The van der Waals surface area contributed by atoms with Gasteiger partial charge in [0.2, 0.25) is 0 Å². The van der Waals surface area contributed by atoms with E-state index in [0.717, 1.165) is 71.8 Å². The number of benzene rings is 6. The van der Waals surface area contributed by atoms with Gasteiger partial charge in [-0.3, -0.25) is 34.6 Å². The Bertz CT molecular complexity index is 4470. The van der Waals surface area contributed by atoms with Gasteiger partial charge < -0.3 is 71.2 Å². The van der Waals surface area contributed by atoms with Gasteiger partial charge in [-0.15, -0.1) is 0 Å². The maximum Gasteiger partial charge on any atom is 0.424 e. The first-order valence-electron chi connectivity index (χ1n) is 31.0. The maximum atomic E-state index is 13.9. The summed E-state index contributed by atoms with van der Waals surface area (Å²) in [5.74, 6) is -8.53. The number of nitrogens with one attached hydrogen (secondary N) is 5. The van der Waals surface area contributed by atoms with Gasteiger partial charge in [0, 0.05) is 87.0 Å². The number of rotatable bonds is 18. The van der Waals surface area contributed by atoms with Crippen LogP contribution in [0, 0.1) is 66.8 Å². The van der Waals surface area contributed by atoms with Crippen LogP contribution in [0.1, 0.15) is 72.4 Å². The molecule has 6 aromatic rings. The van der Waals surface area contributed by atoms with Crippen molar-refractivity contribution in [2.24, 2.45) is 11.5 Å². The van der Waals surface area contributed by atoms with Gasteiger partial charge in [-0.1, -0.05) is 18.2 Å². The molecule has 3 unspecified atom stereocenters. The molecule has 3 aliphatic heterocycles. The fourth-order valence-corrected chi connectivity index (χ4v) is 8.97. The van der Waals surface area contributed by atoms with Crippen LogP contribution in [0.2, 0.25) is 0 Å². The molecular formula is C70H67ClF8N10O26. The molecule has 115 heavy (non-hydrogen) atoms. The first-order chi connectivity index (χ1) is 54.3. The van der Waals surface area contributed by atoms with Crippen LogP contribution in [0.5, 0.6) is 11.5 Å². The Balaban J connectivity index is 0.00000137. The fourth-order valence-electron chi connectivity index (χ4n) is 8.88. The van der Waals surface area contributed by atoms with Gasteiger partial charge in [0.1, 0.15) is 30.8 Å². The molecule has 3 aliphatic rings. The number of carbonyl (C=O) groups is 9. The molecule has 9 amide bonds. The van der Waals surface area contributed by atoms with Gasteiger partial charge in [-0.25, -0.2) is 68.8 Å². The van der Waals surface area contributed by atoms with Crippen LogP contribution in [0.25, 0.3) is 0 Å². The molecule has 45 heteroatoms. The van der Waals surface area contributed by atoms with E-state index in [1.807, 2.05) is 0 Å². The molecule has 9 rings (SSSR count). The van der Waals surface area contributed by atoms with Crippen molar-refractivity contribution in [1.29, 1.82) is 0 Å². The zero-order valence-electron chi connectivity index (χ0n) is 60.9. The van der Waals surface area contributed by atoms with E-state index in [0.29, 0.717) is 45.0 Å². The lowest BCUT2D eigenvalue weighted by atomic mass is 9.95. The van der Waals surface area contributed by atoms with Crippen molar-refractivity contribution in [3.63, 3.8) is 0 Å². The summed E-state index contributed by atoms with van der Waals surface area (Å²) in [7, 11) is 7.08. The minimum absolute atomic E-state index is 0.0169. The Hall–Kier alpha value is -14.1. The van der Waals surface area contributed by atoms with Crippen molar-refractivity contribution >= 4 is 95.1 Å². The second kappa shape index (κ2) is 53.7. The standard InChI is InChI=1S/C20H17F2N3O6.2C13H14F2N2O2.C7H4ClNO4.C7H4F2O.C6H10O4.CH4N2O.3CO2/c1-11-17(10-30-2)23-19(26)24(18(11)12-3-8-15(21)16(22)9-12)20(27)31-14-6-4-13(5-7-14)25(28)29;2*1-7-11(6-19-2)16-13(18)17-12(7)8-3-4-9(14)10(15)5-8;8-7(10)13-6-3-1-5(2-4-6)9(11)12;8-6-2-1-5(4-10)3-7(6)9;1-9-4-5(7)3-6(8)10-2;2-1(3)4;3*2-1-3/h3-9,18H,10H2,1-2H3,(H,23,26);2*3-5,12H,6H2,1-2H3,(H2,16,17,18);1-4H;1-4H;3-4H2,1-2H3;(H4,2,3,4);;;. The van der Waals surface area contributed by atoms with Crippen molar-refractivity contribution in [3.05, 3.63) is 244 Å². The summed E-state index contributed by atoms with van der Waals surface area (Å²) in [6.07, 6.45) is -0.107. The lowest BCUT2D eigenvalue weighted by molar-refractivity contribution is -0.385. The Labute approximate surface area is 648 Å². The number of amides is 9. The number of urea groups is 4. The van der Waals surface area contributed by atoms with Gasteiger partial charge in [0.25, 0.3) is 11.4 Å². The number of hydrogen-bond donors (Lipinski definition) is 7. The number of nitro benzene ring substituents is 2. The van der Waals surface area contributed by atoms with Gasteiger partial charge in [-0.2, -0.15) is 28.8 Å². The number of nitrogens with zero attached hydrogens (tertiary/aromatic N) is 3. The number of nitrogens with two attached hydrogens (primary N) is 2. The Kier molecular flexibility index (Phi) is 47.1. The monoisotopic (exact) mass is 1650 g/mol. The number of Topliss-reactive ketones (excluding diaryl/α,β-unsaturated/α-hetero) is 1. The summed E-state index contributed by atoms with van der Waals surface area (Å²) in [6.45, 7) is 5.68. The van der Waals surface area contributed by atoms with E-state index in [1.54, 1.807) is 20.8 Å². The highest BCUT2D eigenvalue weighted by Gasteiger charge is 2.40. The number of primary amides is 2. The van der Waals surface area contributed by atoms with Crippen molar-refractivity contribution < 1.29 is 150 Å². The Morgan fingerprint density at radius 1 is 0.504 bits per heavy atom. The van der Waals surface area contributed by atoms with Crippen molar-refractivity contribution in [2.75, 3.05) is 62.0 Å². The van der Waals surface area contributed by atoms with Crippen LogP contribution >= 0.6 is 11.6 Å². The van der Waals surface area contributed by atoms with Crippen LogP contribution in [0.4, 0.5) is 75.3 Å². The normalized spacial score (nSPS) is 13.8. The number of ether oxygens (including phenoxy) is 7. The summed E-state index contributed by atoms with van der Waals surface area (Å²) in [5, 5.41) is 34.1. The van der Waals surface area contributed by atoms with Crippen LogP contribution in [-0.2, 0) is 62.0 Å². The van der Waals surface area contributed by atoms with Gasteiger partial charge >= 0.3 is 60.1 Å². The van der Waals surface area contributed by atoms with E-state index >= 15 is 0 Å². The number of halogens is 9. The Morgan fingerprint density at radius 2 is 0.843 bits per heavy atom. The summed E-state index contributed by atoms with van der Waals surface area (Å²) in [6, 6.07) is 18.3. The second-order valence-electron chi connectivity index (χ2n) is 21.4. The summed E-state index contributed by atoms with van der Waals surface area (Å²) < 4.78 is 137. The predicted molar refractivity (Wildman–Crippen MR) is 373 cm³/mol. The molecule has 0 saturated heterocycles. The highest BCUT2D eigenvalue weighted by atomic mass is 35.5. The molecule has 0 fully saturated rings. The zero-order chi connectivity index (χ0) is 87.8. The van der Waals surface area contributed by atoms with Crippen LogP contribution in [-0.4, -0.2) is 149 Å². The quantitative estimate of drug-likeness (QED) is 0.00800. The molecule has 3 atom stereocenters. The number of methoxy groups -OCH3 is 5. The predicted octanol–water partition coefficient (Wildman–Crippen LogP) is 9.68. The third-order valence-corrected chi connectivity index (χ3v) is 13.9. The zero-order valence-corrected chi connectivity index (χ0v) is 61.7. The van der Waals surface area contributed by atoms with Gasteiger partial charge in [0.15, 0.2) is 52.3 Å². The average Bonchev–Trinajstić information content (AvgIpc) is 0.768. The first kappa shape index (κ1) is 101. The highest BCUT2D eigenvalue weighted by Crippen LogP contribution is 2.36. The van der Waals surface area contributed by atoms with E-state index in [9.17, 15) is 93.7 Å². The molecule has 0 aromatic heterocycles. The van der Waals surface area contributed by atoms with Gasteiger partial charge in [-0.05, 0) is 133 Å². The minimum atomic E-state index is -1.15. The third kappa shape index (κ3) is 36.5. The lowest BCUT2D eigenvalue weighted by Gasteiger charge is -2.36. The topological polar surface area (TPSA) is 522 Å². The summed E-state index contributed by atoms with van der Waals surface area (Å²) in [5.41, 5.74) is 12.2. The average molecular weight is 1650 g/mol. The number of ketones is 1. The number of hydrogen-bond acceptors (Lipinski definition) is 26. The number of carbonyl (C=O) groups excluding carboxylic acids is 15. The van der Waals surface area contributed by atoms with E-state index in [-0.39, 0.29) is 91.1 Å². The summed E-state index contributed by atoms with van der Waals surface area (Å²) in [4.78, 5) is 168. The lowest BCUT2D eigenvalue weighted by Crippen LogP contribution is -2.51. The Morgan fingerprint density at radius 3 is 1.17 bits per heavy atom. The van der Waals surface area contributed by atoms with E-state index < -0.39 is 116 Å². The molecule has 0 bridgehead atoms. The molecule has 6 aromatic carbocycles. The number of nitro groups is 2. The first-order valence-corrected chi connectivity index (χ1v) is 31.4. The SMILES string of the molecule is COCC(=O)CC(=O)OC.COCC1=C(C)C(c2ccc(F)c(F)c2)N(C(=O)Oc2ccc([N+](=O)[O-])cc2)C(=O)N1.COCC1=C(C)C(c2ccc(F)c(F)c2)NC(=O)N1.COCC1=C(C)C(c2ccc(F)c(F)c2)NC(=O)N1.NC(N)=O.O=C(Cl)Oc1ccc([N+](=O)[O-])cc1.O=C=O.O=C=O.O=C=O.O=Cc1ccc(F)c(F)c1. The minimum Gasteiger partial charge on any atom is -0.469 e. The molecule has 0 aliphatic carbocycles. The van der Waals surface area contributed by atoms with Crippen molar-refractivity contribution in [2.45, 2.75) is 45.3 Å². The fraction of sp³-hybridized carbons (Fsp3) is 0.229. The number of esters is 1. The van der Waals surface area contributed by atoms with Crippen LogP contribution in [0.15, 0.2) is 155 Å². The largest absolute Gasteiger partial charge is 0.469 e. The van der Waals surface area contributed by atoms with Gasteiger partial charge in [0.05, 0.1) is 54.9 Å². The summed E-state index contributed by atoms with van der Waals surface area (Å²) >= 11 is 4.92. The smallest absolute Gasteiger partial charge is 0.424 e. The van der Waals surface area contributed by atoms with Crippen LogP contribution < -0.4 is 47.5 Å². The third-order valence-electron chi connectivity index (χ3n) is 13.8. The second-order valence-corrected chi connectivity index (χ2v) is 21.8. The van der Waals surface area contributed by atoms with Crippen molar-refractivity contribution in [1.82, 2.24) is 31.5 Å². The van der Waals surface area contributed by atoms with Crippen molar-refractivity contribution in [3.8, 4) is 11.5 Å². The van der Waals surface area contributed by atoms with Crippen LogP contribution in [0.3, 0.4) is 0 Å². The molecule has 0 saturated carbocycles. The highest BCUT2D eigenvalue weighted by molar-refractivity contribution is 6.61. The molecule has 36 nitrogen and oxygen atoms in total. The molecular weight excluding hydrogens is 1580 g/mol. The number of non-ortho nitro benzene ring substituents is 2. The molecule has 0 radical (unpaired) electrons.